The molecule has 110 valence electrons. The molecular weight excluding hydrogens is 327 g/mol. The molecule has 1 aromatic carbocycles. The van der Waals surface area contributed by atoms with Crippen LogP contribution in [0.4, 0.5) is 0 Å². The third-order valence-corrected chi connectivity index (χ3v) is 3.00. The molecule has 0 bridgehead atoms. The van der Waals surface area contributed by atoms with Crippen molar-refractivity contribution in [2.75, 3.05) is 7.11 Å². The van der Waals surface area contributed by atoms with E-state index in [1.54, 1.807) is 12.1 Å². The quantitative estimate of drug-likeness (QED) is 0.381. The summed E-state index contributed by atoms with van der Waals surface area (Å²) in [6.07, 6.45) is 0.203. The largest absolute Gasteiger partial charge is 0.508 e. The fourth-order valence-corrected chi connectivity index (χ4v) is 1.56. The minimum atomic E-state index is -1.89. The van der Waals surface area contributed by atoms with Crippen LogP contribution in [0, 0.1) is 0 Å². The molecule has 0 heterocycles. The van der Waals surface area contributed by atoms with E-state index in [2.05, 4.69) is 9.73 Å². The molecule has 0 saturated heterocycles. The number of benzene rings is 1. The van der Waals surface area contributed by atoms with Crippen molar-refractivity contribution in [1.29, 1.82) is 0 Å². The lowest BCUT2D eigenvalue weighted by molar-refractivity contribution is -0.142. The molecule has 5 nitrogen and oxygen atoms in total. The Labute approximate surface area is 131 Å². The Morgan fingerprint density at radius 1 is 1.40 bits per heavy atom. The van der Waals surface area contributed by atoms with Crippen LogP contribution in [0.25, 0.3) is 0 Å². The van der Waals surface area contributed by atoms with E-state index in [4.69, 9.17) is 40.5 Å². The average molecular weight is 340 g/mol. The lowest BCUT2D eigenvalue weighted by Crippen LogP contribution is -2.33. The van der Waals surface area contributed by atoms with Gasteiger partial charge in [-0.05, 0) is 17.7 Å². The maximum absolute atomic E-state index is 11.7. The molecule has 8 heteroatoms. The molecule has 0 saturated carbocycles. The Morgan fingerprint density at radius 3 is 2.40 bits per heavy atom. The van der Waals surface area contributed by atoms with Crippen molar-refractivity contribution < 1.29 is 14.6 Å². The summed E-state index contributed by atoms with van der Waals surface area (Å²) in [7, 11) is 1.23. The summed E-state index contributed by atoms with van der Waals surface area (Å²) in [5.74, 6) is -0.778. The van der Waals surface area contributed by atoms with E-state index in [1.165, 1.54) is 19.2 Å². The van der Waals surface area contributed by atoms with Crippen molar-refractivity contribution in [3.63, 3.8) is 0 Å². The number of phenolic OH excluding ortho intramolecular Hbond substituents is 1. The van der Waals surface area contributed by atoms with Crippen molar-refractivity contribution >= 4 is 46.6 Å². The summed E-state index contributed by atoms with van der Waals surface area (Å²) < 4.78 is 2.75. The van der Waals surface area contributed by atoms with Gasteiger partial charge >= 0.3 is 5.97 Å². The summed E-state index contributed by atoms with van der Waals surface area (Å²) in [6.45, 7) is 0. The topological polar surface area (TPSA) is 84.9 Å². The van der Waals surface area contributed by atoms with Gasteiger partial charge in [0.1, 0.15) is 11.6 Å². The van der Waals surface area contributed by atoms with Crippen molar-refractivity contribution in [3.8, 4) is 5.75 Å². The van der Waals surface area contributed by atoms with Crippen LogP contribution in [0.3, 0.4) is 0 Å². The summed E-state index contributed by atoms with van der Waals surface area (Å²) in [5, 5.41) is 9.21. The second-order valence-electron chi connectivity index (χ2n) is 3.92. The van der Waals surface area contributed by atoms with Gasteiger partial charge in [0.05, 0.1) is 7.11 Å². The summed E-state index contributed by atoms with van der Waals surface area (Å²) in [6, 6.07) is 5.34. The van der Waals surface area contributed by atoms with Crippen LogP contribution >= 0.6 is 34.8 Å². The molecule has 0 spiro atoms. The zero-order valence-corrected chi connectivity index (χ0v) is 12.8. The van der Waals surface area contributed by atoms with Crippen molar-refractivity contribution in [2.45, 2.75) is 16.3 Å². The van der Waals surface area contributed by atoms with Crippen LogP contribution in [0.15, 0.2) is 29.3 Å². The zero-order valence-electron chi connectivity index (χ0n) is 10.5. The van der Waals surface area contributed by atoms with Gasteiger partial charge in [-0.3, -0.25) is 4.99 Å². The van der Waals surface area contributed by atoms with Crippen LogP contribution in [0.5, 0.6) is 5.75 Å². The highest BCUT2D eigenvalue weighted by Gasteiger charge is 2.28. The Morgan fingerprint density at radius 2 is 1.95 bits per heavy atom. The van der Waals surface area contributed by atoms with Gasteiger partial charge in [-0.25, -0.2) is 4.79 Å². The lowest BCUT2D eigenvalue weighted by atomic mass is 10.1. The SMILES string of the molecule is COC(=O)[C@H](Cc1ccc(O)cc1)N=C(N)C(Cl)(Cl)Cl. The number of hydrogen-bond acceptors (Lipinski definition) is 4. The standard InChI is InChI=1S/C12H13Cl3N2O3/c1-20-10(19)9(17-11(16)12(13,14)15)6-7-2-4-8(18)5-3-7/h2-5,9,18H,6H2,1H3,(H2,16,17)/t9-/m0/s1. The van der Waals surface area contributed by atoms with E-state index in [1.807, 2.05) is 0 Å². The first kappa shape index (κ1) is 16.9. The second-order valence-corrected chi connectivity index (χ2v) is 6.20. The number of halogens is 3. The molecule has 3 N–H and O–H groups in total. The molecule has 0 aliphatic heterocycles. The number of hydrogen-bond donors (Lipinski definition) is 2. The van der Waals surface area contributed by atoms with E-state index in [0.717, 1.165) is 5.56 Å². The highest BCUT2D eigenvalue weighted by Crippen LogP contribution is 2.26. The second kappa shape index (κ2) is 7.02. The van der Waals surface area contributed by atoms with Gasteiger partial charge in [-0.15, -0.1) is 0 Å². The summed E-state index contributed by atoms with van der Waals surface area (Å²) in [4.78, 5) is 15.6. The first-order chi connectivity index (χ1) is 9.24. The Balaban J connectivity index is 2.96. The number of carbonyl (C=O) groups excluding carboxylic acids is 1. The van der Waals surface area contributed by atoms with Crippen LogP contribution in [-0.4, -0.2) is 33.9 Å². The molecule has 0 aliphatic carbocycles. The molecule has 0 amide bonds. The fourth-order valence-electron chi connectivity index (χ4n) is 1.41. The van der Waals surface area contributed by atoms with Gasteiger partial charge in [0.2, 0.25) is 3.79 Å². The molecule has 0 aromatic heterocycles. The van der Waals surface area contributed by atoms with E-state index in [9.17, 15) is 9.90 Å². The Kier molecular flexibility index (Phi) is 5.92. The minimum Gasteiger partial charge on any atom is -0.508 e. The zero-order chi connectivity index (χ0) is 15.3. The molecule has 0 radical (unpaired) electrons. The van der Waals surface area contributed by atoms with E-state index >= 15 is 0 Å². The predicted octanol–water partition coefficient (Wildman–Crippen LogP) is 2.20. The molecule has 20 heavy (non-hydrogen) atoms. The van der Waals surface area contributed by atoms with E-state index < -0.39 is 15.8 Å². The maximum Gasteiger partial charge on any atom is 0.331 e. The van der Waals surface area contributed by atoms with Crippen LogP contribution < -0.4 is 5.73 Å². The number of esters is 1. The van der Waals surface area contributed by atoms with Gasteiger partial charge in [-0.1, -0.05) is 46.9 Å². The van der Waals surface area contributed by atoms with E-state index in [-0.39, 0.29) is 18.0 Å². The van der Waals surface area contributed by atoms with Gasteiger partial charge in [0.15, 0.2) is 6.04 Å². The van der Waals surface area contributed by atoms with Gasteiger partial charge < -0.3 is 15.6 Å². The number of ether oxygens (including phenoxy) is 1. The Bertz CT molecular complexity index is 498. The highest BCUT2D eigenvalue weighted by atomic mass is 35.6. The summed E-state index contributed by atoms with van der Waals surface area (Å²) >= 11 is 16.8. The van der Waals surface area contributed by atoms with Crippen molar-refractivity contribution in [2.24, 2.45) is 10.7 Å². The van der Waals surface area contributed by atoms with Crippen LogP contribution in [0.2, 0.25) is 0 Å². The van der Waals surface area contributed by atoms with E-state index in [0.29, 0.717) is 0 Å². The number of methoxy groups -OCH3 is 1. The lowest BCUT2D eigenvalue weighted by Gasteiger charge is -2.15. The number of carbonyl (C=O) groups is 1. The van der Waals surface area contributed by atoms with Gasteiger partial charge in [0.25, 0.3) is 0 Å². The number of alkyl halides is 3. The summed E-state index contributed by atoms with van der Waals surface area (Å²) in [5.41, 5.74) is 6.28. The van der Waals surface area contributed by atoms with Gasteiger partial charge in [0, 0.05) is 6.42 Å². The van der Waals surface area contributed by atoms with Crippen LogP contribution in [-0.2, 0) is 16.0 Å². The van der Waals surface area contributed by atoms with Crippen molar-refractivity contribution in [3.05, 3.63) is 29.8 Å². The number of nitrogens with two attached hydrogens (primary N) is 1. The number of rotatable bonds is 4. The maximum atomic E-state index is 11.7. The predicted molar refractivity (Wildman–Crippen MR) is 79.5 cm³/mol. The third-order valence-electron chi connectivity index (χ3n) is 2.42. The molecule has 1 aromatic rings. The number of aliphatic imine (C=N–C) groups is 1. The number of aromatic hydroxyl groups is 1. The van der Waals surface area contributed by atoms with Gasteiger partial charge in [-0.2, -0.15) is 0 Å². The number of phenols is 1. The number of amidine groups is 1. The van der Waals surface area contributed by atoms with Crippen LogP contribution in [0.1, 0.15) is 5.56 Å². The highest BCUT2D eigenvalue weighted by molar-refractivity contribution is 6.76. The normalized spacial score (nSPS) is 13.9. The number of nitrogens with zero attached hydrogens (tertiary/aromatic N) is 1. The monoisotopic (exact) mass is 338 g/mol. The van der Waals surface area contributed by atoms with Crippen molar-refractivity contribution in [1.82, 2.24) is 0 Å². The first-order valence-corrected chi connectivity index (χ1v) is 6.63. The molecule has 0 unspecified atom stereocenters. The molecular formula is C12H13Cl3N2O3. The molecule has 1 atom stereocenters. The smallest absolute Gasteiger partial charge is 0.331 e. The molecule has 0 fully saturated rings. The third kappa shape index (κ3) is 5.07. The Hall–Kier alpha value is -1.17. The molecule has 0 aliphatic rings. The fraction of sp³-hybridized carbons (Fsp3) is 0.333. The average Bonchev–Trinajstić information content (AvgIpc) is 2.38. The molecule has 1 rings (SSSR count). The first-order valence-electron chi connectivity index (χ1n) is 5.50. The minimum absolute atomic E-state index is 0.118.